The maximum atomic E-state index is 6.12. The molecule has 3 heterocycles. The molecule has 0 fully saturated rings. The van der Waals surface area contributed by atoms with Crippen molar-refractivity contribution in [2.45, 2.75) is 6.92 Å². The van der Waals surface area contributed by atoms with Gasteiger partial charge in [0, 0.05) is 24.4 Å². The van der Waals surface area contributed by atoms with E-state index < -0.39 is 0 Å². The number of halogens is 1. The van der Waals surface area contributed by atoms with Crippen molar-refractivity contribution in [1.29, 1.82) is 0 Å². The minimum atomic E-state index is 0.479. The molecule has 0 saturated carbocycles. The average molecular weight is 457 g/mol. The third-order valence-electron chi connectivity index (χ3n) is 4.15. The number of aromatic nitrogens is 4. The summed E-state index contributed by atoms with van der Waals surface area (Å²) in [6.07, 6.45) is 1.49. The second-order valence-electron chi connectivity index (χ2n) is 5.93. The standard InChI is InChI=1S/C19H16IN5O/c1-11-4-3-5-14(24-11)26-13-8-6-12(7-9-13)15-16-18(21)22-10-23-19(16)25(2)17(15)20/h3-10H,1-2H3,(H2,21,22,23). The van der Waals surface area contributed by atoms with Gasteiger partial charge in [0.05, 0.1) is 9.09 Å². The highest BCUT2D eigenvalue weighted by Gasteiger charge is 2.18. The number of anilines is 1. The Morgan fingerprint density at radius 2 is 1.85 bits per heavy atom. The molecular formula is C19H16IN5O. The highest BCUT2D eigenvalue weighted by atomic mass is 127. The zero-order chi connectivity index (χ0) is 18.3. The summed E-state index contributed by atoms with van der Waals surface area (Å²) in [5.41, 5.74) is 9.92. The maximum absolute atomic E-state index is 6.12. The number of ether oxygens (including phenoxy) is 1. The van der Waals surface area contributed by atoms with Gasteiger partial charge >= 0.3 is 0 Å². The normalized spacial score (nSPS) is 11.0. The van der Waals surface area contributed by atoms with Crippen LogP contribution in [0.15, 0.2) is 48.8 Å². The number of hydrogen-bond acceptors (Lipinski definition) is 5. The predicted octanol–water partition coefficient (Wildman–Crippen LogP) is 4.32. The first kappa shape index (κ1) is 16.8. The summed E-state index contributed by atoms with van der Waals surface area (Å²) in [6.45, 7) is 1.94. The monoisotopic (exact) mass is 457 g/mol. The fourth-order valence-electron chi connectivity index (χ4n) is 2.90. The smallest absolute Gasteiger partial charge is 0.219 e. The van der Waals surface area contributed by atoms with Crippen molar-refractivity contribution in [2.24, 2.45) is 7.05 Å². The van der Waals surface area contributed by atoms with Gasteiger partial charge in [0.2, 0.25) is 5.88 Å². The Morgan fingerprint density at radius 3 is 2.58 bits per heavy atom. The number of rotatable bonds is 3. The van der Waals surface area contributed by atoms with Gasteiger partial charge in [0.1, 0.15) is 23.5 Å². The zero-order valence-electron chi connectivity index (χ0n) is 14.3. The lowest BCUT2D eigenvalue weighted by Gasteiger charge is -2.07. The van der Waals surface area contributed by atoms with Crippen LogP contribution >= 0.6 is 22.6 Å². The maximum Gasteiger partial charge on any atom is 0.219 e. The van der Waals surface area contributed by atoms with Crippen LogP contribution in [-0.2, 0) is 7.05 Å². The van der Waals surface area contributed by atoms with E-state index in [-0.39, 0.29) is 0 Å². The van der Waals surface area contributed by atoms with Crippen molar-refractivity contribution in [3.63, 3.8) is 0 Å². The number of aryl methyl sites for hydroxylation is 2. The molecule has 130 valence electrons. The van der Waals surface area contributed by atoms with Crippen LogP contribution in [0.3, 0.4) is 0 Å². The second-order valence-corrected chi connectivity index (χ2v) is 6.95. The minimum Gasteiger partial charge on any atom is -0.439 e. The lowest BCUT2D eigenvalue weighted by Crippen LogP contribution is -1.95. The van der Waals surface area contributed by atoms with Crippen molar-refractivity contribution < 1.29 is 4.74 Å². The summed E-state index contributed by atoms with van der Waals surface area (Å²) in [7, 11) is 1.97. The first-order chi connectivity index (χ1) is 12.5. The molecule has 1 aromatic carbocycles. The number of pyridine rings is 1. The summed E-state index contributed by atoms with van der Waals surface area (Å²) in [5, 5.41) is 0.869. The summed E-state index contributed by atoms with van der Waals surface area (Å²) in [5.74, 6) is 1.79. The molecule has 2 N–H and O–H groups in total. The van der Waals surface area contributed by atoms with Gasteiger partial charge in [-0.3, -0.25) is 0 Å². The Labute approximate surface area is 164 Å². The van der Waals surface area contributed by atoms with Gasteiger partial charge in [-0.05, 0) is 53.3 Å². The summed E-state index contributed by atoms with van der Waals surface area (Å²) < 4.78 is 8.90. The van der Waals surface area contributed by atoms with Crippen molar-refractivity contribution in [1.82, 2.24) is 19.5 Å². The minimum absolute atomic E-state index is 0.479. The van der Waals surface area contributed by atoms with E-state index in [1.165, 1.54) is 6.33 Å². The molecule has 4 aromatic rings. The largest absolute Gasteiger partial charge is 0.439 e. The van der Waals surface area contributed by atoms with Crippen molar-refractivity contribution in [2.75, 3.05) is 5.73 Å². The van der Waals surface area contributed by atoms with Gasteiger partial charge in [-0.25, -0.2) is 15.0 Å². The Balaban J connectivity index is 1.74. The molecule has 0 aliphatic carbocycles. The van der Waals surface area contributed by atoms with Gasteiger partial charge in [0.25, 0.3) is 0 Å². The van der Waals surface area contributed by atoms with Crippen LogP contribution in [0, 0.1) is 10.6 Å². The van der Waals surface area contributed by atoms with Crippen molar-refractivity contribution in [3.05, 3.63) is 58.2 Å². The van der Waals surface area contributed by atoms with Gasteiger partial charge in [0.15, 0.2) is 0 Å². The third-order valence-corrected chi connectivity index (χ3v) is 5.42. The number of hydrogen-bond donors (Lipinski definition) is 1. The van der Waals surface area contributed by atoms with Gasteiger partial charge in [-0.15, -0.1) is 0 Å². The van der Waals surface area contributed by atoms with Crippen LogP contribution in [-0.4, -0.2) is 19.5 Å². The Morgan fingerprint density at radius 1 is 1.08 bits per heavy atom. The van der Waals surface area contributed by atoms with Crippen molar-refractivity contribution in [3.8, 4) is 22.8 Å². The van der Waals surface area contributed by atoms with Crippen LogP contribution < -0.4 is 10.5 Å². The third kappa shape index (κ3) is 2.88. The quantitative estimate of drug-likeness (QED) is 0.464. The Hall–Kier alpha value is -2.68. The topological polar surface area (TPSA) is 78.8 Å². The molecule has 3 aromatic heterocycles. The van der Waals surface area contributed by atoms with E-state index in [1.807, 2.05) is 61.0 Å². The first-order valence-electron chi connectivity index (χ1n) is 8.01. The molecule has 0 saturated heterocycles. The Bertz CT molecular complexity index is 1110. The number of nitrogen functional groups attached to an aromatic ring is 1. The molecule has 0 radical (unpaired) electrons. The number of benzene rings is 1. The molecule has 26 heavy (non-hydrogen) atoms. The molecule has 0 unspecified atom stereocenters. The van der Waals surface area contributed by atoms with Gasteiger partial charge < -0.3 is 15.0 Å². The molecule has 4 rings (SSSR count). The number of nitrogens with zero attached hydrogens (tertiary/aromatic N) is 4. The lowest BCUT2D eigenvalue weighted by atomic mass is 10.1. The molecule has 0 bridgehead atoms. The van der Waals surface area contributed by atoms with Gasteiger partial charge in [-0.1, -0.05) is 18.2 Å². The SMILES string of the molecule is Cc1cccc(Oc2ccc(-c3c(I)n(C)c4ncnc(N)c34)cc2)n1. The van der Waals surface area contributed by atoms with E-state index in [0.717, 1.165) is 37.3 Å². The van der Waals surface area contributed by atoms with Crippen LogP contribution in [0.4, 0.5) is 5.82 Å². The van der Waals surface area contributed by atoms with Crippen LogP contribution in [0.2, 0.25) is 0 Å². The molecule has 0 amide bonds. The fourth-order valence-corrected chi connectivity index (χ4v) is 3.71. The van der Waals surface area contributed by atoms with E-state index >= 15 is 0 Å². The summed E-state index contributed by atoms with van der Waals surface area (Å²) in [4.78, 5) is 12.9. The predicted molar refractivity (Wildman–Crippen MR) is 110 cm³/mol. The van der Waals surface area contributed by atoms with E-state index in [1.54, 1.807) is 0 Å². The van der Waals surface area contributed by atoms with Crippen LogP contribution in [0.1, 0.15) is 5.69 Å². The van der Waals surface area contributed by atoms with E-state index in [4.69, 9.17) is 10.5 Å². The summed E-state index contributed by atoms with van der Waals surface area (Å²) in [6, 6.07) is 13.6. The molecular weight excluding hydrogens is 441 g/mol. The summed E-state index contributed by atoms with van der Waals surface area (Å²) >= 11 is 2.31. The van der Waals surface area contributed by atoms with E-state index in [9.17, 15) is 0 Å². The zero-order valence-corrected chi connectivity index (χ0v) is 16.4. The highest BCUT2D eigenvalue weighted by molar-refractivity contribution is 14.1. The molecule has 6 nitrogen and oxygen atoms in total. The average Bonchev–Trinajstić information content (AvgIpc) is 2.89. The molecule has 0 atom stereocenters. The fraction of sp³-hybridized carbons (Fsp3) is 0.105. The molecule has 0 spiro atoms. The second kappa shape index (κ2) is 6.56. The van der Waals surface area contributed by atoms with Crippen LogP contribution in [0.25, 0.3) is 22.2 Å². The van der Waals surface area contributed by atoms with Crippen LogP contribution in [0.5, 0.6) is 11.6 Å². The lowest BCUT2D eigenvalue weighted by molar-refractivity contribution is 0.462. The Kier molecular flexibility index (Phi) is 4.23. The highest BCUT2D eigenvalue weighted by Crippen LogP contribution is 2.37. The van der Waals surface area contributed by atoms with Crippen molar-refractivity contribution >= 4 is 39.4 Å². The number of nitrogens with two attached hydrogens (primary N) is 1. The van der Waals surface area contributed by atoms with Gasteiger partial charge in [-0.2, -0.15) is 0 Å². The number of fused-ring (bicyclic) bond motifs is 1. The molecule has 0 aliphatic rings. The van der Waals surface area contributed by atoms with E-state index in [0.29, 0.717) is 11.7 Å². The molecule has 7 heteroatoms. The first-order valence-corrected chi connectivity index (χ1v) is 9.09. The molecule has 0 aliphatic heterocycles. The van der Waals surface area contributed by atoms with E-state index in [2.05, 4.69) is 37.5 Å².